The van der Waals surface area contributed by atoms with Crippen molar-refractivity contribution in [3.63, 3.8) is 0 Å². The Kier molecular flexibility index (Phi) is 5.18. The summed E-state index contributed by atoms with van der Waals surface area (Å²) in [5.74, 6) is -2.88. The molecule has 1 atom stereocenters. The lowest BCUT2D eigenvalue weighted by Gasteiger charge is -2.33. The summed E-state index contributed by atoms with van der Waals surface area (Å²) in [6.45, 7) is 0. The van der Waals surface area contributed by atoms with E-state index in [-0.39, 0.29) is 27.8 Å². The fraction of sp³-hybridized carbons (Fsp3) is 0.0500. The zero-order valence-electron chi connectivity index (χ0n) is 16.3. The Hall–Kier alpha value is -3.49. The van der Waals surface area contributed by atoms with Crippen LogP contribution in [0.25, 0.3) is 5.57 Å². The molecule has 1 heterocycles. The zero-order valence-corrected chi connectivity index (χ0v) is 18.0. The first-order valence-corrected chi connectivity index (χ1v) is 11.9. The molecule has 2 aliphatic rings. The molecular weight excluding hydrogens is 476 g/mol. The van der Waals surface area contributed by atoms with Gasteiger partial charge in [-0.15, -0.1) is 0 Å². The van der Waals surface area contributed by atoms with Crippen LogP contribution >= 0.6 is 0 Å². The maximum atomic E-state index is 12.0. The fourth-order valence-corrected chi connectivity index (χ4v) is 5.31. The number of carboxylic acid groups (broad SMARTS) is 1. The van der Waals surface area contributed by atoms with Crippen molar-refractivity contribution in [3.05, 3.63) is 81.5 Å². The van der Waals surface area contributed by atoms with Crippen LogP contribution in [-0.4, -0.2) is 38.0 Å². The van der Waals surface area contributed by atoms with E-state index >= 15 is 0 Å². The maximum absolute atomic E-state index is 12.0. The summed E-state index contributed by atoms with van der Waals surface area (Å²) in [6.07, 6.45) is 2.49. The molecule has 4 rings (SSSR count). The van der Waals surface area contributed by atoms with Crippen molar-refractivity contribution in [3.8, 4) is 5.75 Å². The van der Waals surface area contributed by atoms with Crippen molar-refractivity contribution in [2.45, 2.75) is 10.9 Å². The van der Waals surface area contributed by atoms with E-state index in [1.165, 1.54) is 42.5 Å². The molecule has 1 aliphatic carbocycles. The number of rotatable bonds is 4. The van der Waals surface area contributed by atoms with E-state index in [4.69, 9.17) is 16.2 Å². The molecule has 0 amide bonds. The third-order valence-corrected chi connectivity index (χ3v) is 6.98. The lowest BCUT2D eigenvalue weighted by Crippen LogP contribution is -2.32. The number of hydrogen-bond acceptors (Lipinski definition) is 11. The van der Waals surface area contributed by atoms with Gasteiger partial charge in [-0.1, -0.05) is 36.4 Å². The molecule has 0 spiro atoms. The molecule has 0 saturated heterocycles. The van der Waals surface area contributed by atoms with Crippen molar-refractivity contribution < 1.29 is 40.6 Å². The molecule has 1 aliphatic heterocycles. The molecule has 2 aromatic rings. The van der Waals surface area contributed by atoms with Gasteiger partial charge in [0.25, 0.3) is 0 Å². The van der Waals surface area contributed by atoms with Gasteiger partial charge in [0.2, 0.25) is 0 Å². The van der Waals surface area contributed by atoms with Crippen molar-refractivity contribution in [1.82, 2.24) is 0 Å². The first kappa shape index (κ1) is 22.7. The highest BCUT2D eigenvalue weighted by Gasteiger charge is 2.36. The summed E-state index contributed by atoms with van der Waals surface area (Å²) in [5, 5.41) is 11.8. The van der Waals surface area contributed by atoms with E-state index in [1.54, 1.807) is 0 Å². The quantitative estimate of drug-likeness (QED) is 0.407. The second-order valence-corrected chi connectivity index (χ2v) is 9.74. The first-order valence-electron chi connectivity index (χ1n) is 9.08. The molecule has 33 heavy (non-hydrogen) atoms. The van der Waals surface area contributed by atoms with Crippen LogP contribution in [0.1, 0.15) is 21.5 Å². The third-order valence-electron chi connectivity index (χ3n) is 5.06. The van der Waals surface area contributed by atoms with Crippen LogP contribution in [0.15, 0.2) is 69.7 Å². The highest BCUT2D eigenvalue weighted by Crippen LogP contribution is 2.49. The van der Waals surface area contributed by atoms with Gasteiger partial charge >= 0.3 is 0 Å². The highest BCUT2D eigenvalue weighted by atomic mass is 32.2. The van der Waals surface area contributed by atoms with Crippen molar-refractivity contribution in [1.29, 1.82) is 0 Å². The molecule has 4 N–H and O–H groups in total. The summed E-state index contributed by atoms with van der Waals surface area (Å²) in [5.41, 5.74) is 10.5. The normalized spacial score (nSPS) is 18.0. The standard InChI is InChI=1S/C20H16N2O9S2/c21-13-7-5-11-15(9-3-1-2-4-10(9)20(23)24)12-6-8-14(22)19(33(28,29)30)17(12)31-16(11)18(13)32(25,26)27/h1-8,13H,21-22H2,(H,23,24)(H,25,26,27)(H,28,29,30)/p-3. The van der Waals surface area contributed by atoms with Crippen LogP contribution in [-0.2, 0) is 20.2 Å². The predicted octanol–water partition coefficient (Wildman–Crippen LogP) is -0.615. The number of nitrogens with two attached hydrogens (primary N) is 2. The fourth-order valence-electron chi connectivity index (χ4n) is 3.78. The lowest BCUT2D eigenvalue weighted by atomic mass is 9.85. The summed E-state index contributed by atoms with van der Waals surface area (Å²) >= 11 is 0. The number of nitrogen functional groups attached to an aromatic ring is 1. The minimum absolute atomic E-state index is 0.0173. The largest absolute Gasteiger partial charge is 0.744 e. The van der Waals surface area contributed by atoms with Crippen molar-refractivity contribution >= 4 is 37.5 Å². The van der Waals surface area contributed by atoms with E-state index < -0.39 is 59.2 Å². The number of carboxylic acids is 1. The summed E-state index contributed by atoms with van der Waals surface area (Å²) in [6, 6.07) is 6.39. The number of hydrogen-bond donors (Lipinski definition) is 2. The smallest absolute Gasteiger partial charge is 0.154 e. The van der Waals surface area contributed by atoms with Crippen LogP contribution < -0.4 is 21.3 Å². The first-order chi connectivity index (χ1) is 15.3. The van der Waals surface area contributed by atoms with E-state index in [1.807, 2.05) is 0 Å². The number of carbonyl (C=O) groups is 1. The van der Waals surface area contributed by atoms with Gasteiger partial charge in [0.05, 0.1) is 22.6 Å². The Labute approximate surface area is 187 Å². The molecule has 0 bridgehead atoms. The zero-order chi connectivity index (χ0) is 24.3. The highest BCUT2D eigenvalue weighted by molar-refractivity contribution is 7.89. The van der Waals surface area contributed by atoms with E-state index in [0.29, 0.717) is 0 Å². The maximum Gasteiger partial charge on any atom is 0.154 e. The van der Waals surface area contributed by atoms with Gasteiger partial charge in [-0.2, -0.15) is 0 Å². The number of fused-ring (bicyclic) bond motifs is 2. The van der Waals surface area contributed by atoms with E-state index in [2.05, 4.69) is 0 Å². The average Bonchev–Trinajstić information content (AvgIpc) is 2.69. The summed E-state index contributed by atoms with van der Waals surface area (Å²) < 4.78 is 77.4. The molecule has 0 fully saturated rings. The van der Waals surface area contributed by atoms with Gasteiger partial charge < -0.3 is 35.2 Å². The van der Waals surface area contributed by atoms with E-state index in [0.717, 1.165) is 6.07 Å². The van der Waals surface area contributed by atoms with Crippen molar-refractivity contribution in [2.75, 3.05) is 5.73 Å². The molecule has 13 heteroatoms. The third kappa shape index (κ3) is 3.71. The number of carbonyl (C=O) groups excluding carboxylic acids is 1. The molecule has 0 aromatic heterocycles. The number of ether oxygens (including phenoxy) is 1. The Morgan fingerprint density at radius 2 is 1.64 bits per heavy atom. The molecule has 11 nitrogen and oxygen atoms in total. The van der Waals surface area contributed by atoms with Crippen LogP contribution in [0.4, 0.5) is 5.69 Å². The second kappa shape index (κ2) is 7.54. The summed E-state index contributed by atoms with van der Waals surface area (Å²) in [4.78, 5) is 9.84. The second-order valence-electron chi connectivity index (χ2n) is 7.07. The predicted molar refractivity (Wildman–Crippen MR) is 110 cm³/mol. The van der Waals surface area contributed by atoms with Gasteiger partial charge in [0, 0.05) is 22.3 Å². The van der Waals surface area contributed by atoms with Gasteiger partial charge in [0.15, 0.2) is 11.5 Å². The minimum atomic E-state index is -5.26. The molecular formula is C20H13N2O9S2-3. The summed E-state index contributed by atoms with van der Waals surface area (Å²) in [7, 11) is -10.5. The van der Waals surface area contributed by atoms with Gasteiger partial charge in [0.1, 0.15) is 25.1 Å². The molecule has 0 radical (unpaired) electrons. The van der Waals surface area contributed by atoms with Crippen molar-refractivity contribution in [2.24, 2.45) is 5.73 Å². The Balaban J connectivity index is 2.25. The van der Waals surface area contributed by atoms with E-state index in [9.17, 15) is 35.8 Å². The number of anilines is 1. The number of benzene rings is 2. The van der Waals surface area contributed by atoms with Gasteiger partial charge in [-0.05, 0) is 17.7 Å². The number of allylic oxidation sites excluding steroid dienone is 1. The molecule has 2 aromatic carbocycles. The minimum Gasteiger partial charge on any atom is -0.744 e. The van der Waals surface area contributed by atoms with Crippen LogP contribution in [0, 0.1) is 0 Å². The van der Waals surface area contributed by atoms with Gasteiger partial charge in [-0.3, -0.25) is 0 Å². The topological polar surface area (TPSA) is 216 Å². The SMILES string of the molecule is Nc1ccc2c(c1S(=O)(=O)[O-])OC1=C(S(=O)(=O)[O-])C(N)C=CC1=C2c1ccccc1C(=O)[O-]. The molecule has 0 saturated carbocycles. The monoisotopic (exact) mass is 489 g/mol. The van der Waals surface area contributed by atoms with Crippen LogP contribution in [0.3, 0.4) is 0 Å². The molecule has 1 unspecified atom stereocenters. The van der Waals surface area contributed by atoms with Crippen LogP contribution in [0.2, 0.25) is 0 Å². The Morgan fingerprint density at radius 3 is 2.24 bits per heavy atom. The van der Waals surface area contributed by atoms with Gasteiger partial charge in [-0.25, -0.2) is 16.8 Å². The van der Waals surface area contributed by atoms with Crippen LogP contribution in [0.5, 0.6) is 5.75 Å². The Morgan fingerprint density at radius 1 is 0.970 bits per heavy atom. The Bertz CT molecular complexity index is 1540. The molecule has 172 valence electrons. The lowest BCUT2D eigenvalue weighted by molar-refractivity contribution is -0.255. The number of aromatic carboxylic acids is 1. The average molecular weight is 489 g/mol.